The van der Waals surface area contributed by atoms with Crippen molar-refractivity contribution in [2.75, 3.05) is 11.9 Å². The van der Waals surface area contributed by atoms with Crippen molar-refractivity contribution in [2.45, 2.75) is 19.9 Å². The van der Waals surface area contributed by atoms with Crippen LogP contribution in [0.3, 0.4) is 0 Å². The minimum Gasteiger partial charge on any atom is -0.476 e. The molecule has 0 amide bonds. The second kappa shape index (κ2) is 6.43. The zero-order chi connectivity index (χ0) is 13.7. The summed E-state index contributed by atoms with van der Waals surface area (Å²) in [6.07, 6.45) is 1.72. The van der Waals surface area contributed by atoms with Crippen LogP contribution in [0.4, 0.5) is 5.69 Å². The van der Waals surface area contributed by atoms with E-state index in [4.69, 9.17) is 16.3 Å². The summed E-state index contributed by atoms with van der Waals surface area (Å²) in [5.74, 6) is 0.615. The predicted octanol–water partition coefficient (Wildman–Crippen LogP) is 4.31. The number of pyridine rings is 1. The summed E-state index contributed by atoms with van der Waals surface area (Å²) >= 11 is 6.20. The number of halogens is 1. The molecule has 1 atom stereocenters. The second-order valence-corrected chi connectivity index (χ2v) is 4.58. The average Bonchev–Trinajstić information content (AvgIpc) is 2.41. The van der Waals surface area contributed by atoms with Gasteiger partial charge in [-0.15, -0.1) is 0 Å². The molecule has 0 aliphatic rings. The molecule has 100 valence electrons. The number of benzene rings is 1. The lowest BCUT2D eigenvalue weighted by Gasteiger charge is -2.18. The van der Waals surface area contributed by atoms with E-state index in [0.717, 1.165) is 16.3 Å². The first-order valence-electron chi connectivity index (χ1n) is 6.31. The van der Waals surface area contributed by atoms with Crippen molar-refractivity contribution in [3.63, 3.8) is 0 Å². The molecule has 0 fully saturated rings. The summed E-state index contributed by atoms with van der Waals surface area (Å²) in [4.78, 5) is 4.22. The van der Waals surface area contributed by atoms with E-state index >= 15 is 0 Å². The first kappa shape index (κ1) is 13.7. The van der Waals surface area contributed by atoms with Crippen molar-refractivity contribution in [1.82, 2.24) is 4.98 Å². The fraction of sp³-hybridized carbons (Fsp3) is 0.267. The molecule has 4 heteroatoms. The van der Waals surface area contributed by atoms with Crippen LogP contribution in [-0.4, -0.2) is 11.6 Å². The van der Waals surface area contributed by atoms with Gasteiger partial charge in [0, 0.05) is 11.2 Å². The number of anilines is 1. The Balaban J connectivity index is 2.19. The molecule has 1 aromatic heterocycles. The molecule has 0 aliphatic heterocycles. The largest absolute Gasteiger partial charge is 0.476 e. The minimum atomic E-state index is 0.0807. The normalized spacial score (nSPS) is 11.9. The van der Waals surface area contributed by atoms with Gasteiger partial charge >= 0.3 is 0 Å². The van der Waals surface area contributed by atoms with E-state index in [0.29, 0.717) is 12.5 Å². The second-order valence-electron chi connectivity index (χ2n) is 4.18. The monoisotopic (exact) mass is 276 g/mol. The SMILES string of the molecule is CCOc1ncccc1NC(C)c1ccccc1Cl. The van der Waals surface area contributed by atoms with Gasteiger partial charge in [0.25, 0.3) is 0 Å². The molecule has 1 heterocycles. The van der Waals surface area contributed by atoms with Gasteiger partial charge in [-0.25, -0.2) is 4.98 Å². The molecule has 0 aliphatic carbocycles. The molecule has 1 N–H and O–H groups in total. The molecule has 0 radical (unpaired) electrons. The number of hydrogen-bond donors (Lipinski definition) is 1. The highest BCUT2D eigenvalue weighted by molar-refractivity contribution is 6.31. The zero-order valence-corrected chi connectivity index (χ0v) is 11.8. The van der Waals surface area contributed by atoms with Gasteiger partial charge in [-0.2, -0.15) is 0 Å². The molecule has 1 unspecified atom stereocenters. The third kappa shape index (κ3) is 3.38. The van der Waals surface area contributed by atoms with Crippen molar-refractivity contribution in [3.05, 3.63) is 53.2 Å². The lowest BCUT2D eigenvalue weighted by atomic mass is 10.1. The number of rotatable bonds is 5. The van der Waals surface area contributed by atoms with Gasteiger partial charge in [-0.05, 0) is 37.6 Å². The number of aromatic nitrogens is 1. The van der Waals surface area contributed by atoms with E-state index in [2.05, 4.69) is 17.2 Å². The lowest BCUT2D eigenvalue weighted by Crippen LogP contribution is -2.09. The Bertz CT molecular complexity index is 545. The van der Waals surface area contributed by atoms with Crippen LogP contribution in [0.15, 0.2) is 42.6 Å². The van der Waals surface area contributed by atoms with Crippen molar-refractivity contribution < 1.29 is 4.74 Å². The van der Waals surface area contributed by atoms with Crippen molar-refractivity contribution in [3.8, 4) is 5.88 Å². The van der Waals surface area contributed by atoms with E-state index in [9.17, 15) is 0 Å². The number of ether oxygens (including phenoxy) is 1. The molecule has 2 aromatic rings. The molecule has 3 nitrogen and oxygen atoms in total. The molecule has 1 aromatic carbocycles. The Labute approximate surface area is 118 Å². The van der Waals surface area contributed by atoms with E-state index in [1.807, 2.05) is 43.3 Å². The summed E-state index contributed by atoms with van der Waals surface area (Å²) in [6, 6.07) is 11.7. The molecule has 0 saturated heterocycles. The van der Waals surface area contributed by atoms with Gasteiger partial charge in [0.05, 0.1) is 18.3 Å². The zero-order valence-electron chi connectivity index (χ0n) is 11.1. The van der Waals surface area contributed by atoms with Crippen LogP contribution >= 0.6 is 11.6 Å². The highest BCUT2D eigenvalue weighted by Gasteiger charge is 2.11. The quantitative estimate of drug-likeness (QED) is 0.884. The Morgan fingerprint density at radius 3 is 2.79 bits per heavy atom. The number of nitrogens with one attached hydrogen (secondary N) is 1. The van der Waals surface area contributed by atoms with Gasteiger partial charge in [-0.3, -0.25) is 0 Å². The van der Waals surface area contributed by atoms with Crippen LogP contribution in [0.5, 0.6) is 5.88 Å². The highest BCUT2D eigenvalue weighted by Crippen LogP contribution is 2.29. The maximum Gasteiger partial charge on any atom is 0.237 e. The van der Waals surface area contributed by atoms with Crippen LogP contribution in [-0.2, 0) is 0 Å². The first-order valence-corrected chi connectivity index (χ1v) is 6.69. The van der Waals surface area contributed by atoms with Gasteiger partial charge in [0.1, 0.15) is 0 Å². The van der Waals surface area contributed by atoms with E-state index in [1.165, 1.54) is 0 Å². The topological polar surface area (TPSA) is 34.1 Å². The molecular weight excluding hydrogens is 260 g/mol. The van der Waals surface area contributed by atoms with Crippen LogP contribution in [0, 0.1) is 0 Å². The summed E-state index contributed by atoms with van der Waals surface area (Å²) in [6.45, 7) is 4.59. The average molecular weight is 277 g/mol. The van der Waals surface area contributed by atoms with Crippen molar-refractivity contribution in [2.24, 2.45) is 0 Å². The molecule has 0 bridgehead atoms. The Morgan fingerprint density at radius 2 is 2.05 bits per heavy atom. The first-order chi connectivity index (χ1) is 9.22. The molecule has 2 rings (SSSR count). The summed E-state index contributed by atoms with van der Waals surface area (Å²) in [5, 5.41) is 4.13. The number of hydrogen-bond acceptors (Lipinski definition) is 3. The van der Waals surface area contributed by atoms with Crippen molar-refractivity contribution >= 4 is 17.3 Å². The summed E-state index contributed by atoms with van der Waals surface area (Å²) in [5.41, 5.74) is 1.92. The van der Waals surface area contributed by atoms with Crippen LogP contribution in [0.25, 0.3) is 0 Å². The van der Waals surface area contributed by atoms with E-state index < -0.39 is 0 Å². The Morgan fingerprint density at radius 1 is 1.26 bits per heavy atom. The lowest BCUT2D eigenvalue weighted by molar-refractivity contribution is 0.328. The summed E-state index contributed by atoms with van der Waals surface area (Å²) in [7, 11) is 0. The molecular formula is C15H17ClN2O. The summed E-state index contributed by atoms with van der Waals surface area (Å²) < 4.78 is 5.50. The van der Waals surface area contributed by atoms with E-state index in [1.54, 1.807) is 6.20 Å². The maximum absolute atomic E-state index is 6.20. The van der Waals surface area contributed by atoms with Gasteiger partial charge < -0.3 is 10.1 Å². The van der Waals surface area contributed by atoms with Crippen molar-refractivity contribution in [1.29, 1.82) is 0 Å². The third-order valence-corrected chi connectivity index (χ3v) is 3.14. The maximum atomic E-state index is 6.20. The van der Waals surface area contributed by atoms with Gasteiger partial charge in [-0.1, -0.05) is 29.8 Å². The predicted molar refractivity (Wildman–Crippen MR) is 78.9 cm³/mol. The minimum absolute atomic E-state index is 0.0807. The standard InChI is InChI=1S/C15H17ClN2O/c1-3-19-15-14(9-6-10-17-15)18-11(2)12-7-4-5-8-13(12)16/h4-11,18H,3H2,1-2H3. The van der Waals surface area contributed by atoms with Crippen LogP contribution in [0.1, 0.15) is 25.5 Å². The fourth-order valence-electron chi connectivity index (χ4n) is 1.89. The Kier molecular flexibility index (Phi) is 4.63. The van der Waals surface area contributed by atoms with Gasteiger partial charge in [0.15, 0.2) is 0 Å². The van der Waals surface area contributed by atoms with Crippen LogP contribution in [0.2, 0.25) is 5.02 Å². The van der Waals surface area contributed by atoms with Gasteiger partial charge in [0.2, 0.25) is 5.88 Å². The molecule has 0 saturated carbocycles. The third-order valence-electron chi connectivity index (χ3n) is 2.80. The molecule has 19 heavy (non-hydrogen) atoms. The molecule has 0 spiro atoms. The van der Waals surface area contributed by atoms with E-state index in [-0.39, 0.29) is 6.04 Å². The highest BCUT2D eigenvalue weighted by atomic mass is 35.5. The Hall–Kier alpha value is -1.74. The fourth-order valence-corrected chi connectivity index (χ4v) is 2.19. The smallest absolute Gasteiger partial charge is 0.237 e. The van der Waals surface area contributed by atoms with Crippen LogP contribution < -0.4 is 10.1 Å². The number of nitrogens with zero attached hydrogens (tertiary/aromatic N) is 1.